The van der Waals surface area contributed by atoms with E-state index in [9.17, 15) is 31.5 Å². The Balaban J connectivity index is 1.96. The molecule has 4 bridgehead atoms. The Hall–Kier alpha value is -1.58. The van der Waals surface area contributed by atoms with Gasteiger partial charge in [-0.05, 0) is 56.3 Å². The SMILES string of the molecule is C=CC(=O)OC12CC3CC(C1)CC(/C([O-])=N/S(=O)(=O)C(F)(F)F)(C3)C2. The van der Waals surface area contributed by atoms with Crippen LogP contribution in [-0.2, 0) is 19.6 Å². The lowest BCUT2D eigenvalue weighted by molar-refractivity contribution is -0.253. The van der Waals surface area contributed by atoms with E-state index < -0.39 is 38.4 Å². The molecule has 4 rings (SSSR count). The Kier molecular flexibility index (Phi) is 3.98. The van der Waals surface area contributed by atoms with Gasteiger partial charge in [-0.15, -0.1) is 0 Å². The maximum Gasteiger partial charge on any atom is 0.518 e. The number of nitrogens with zero attached hydrogens (tertiary/aromatic N) is 1. The molecule has 0 aromatic carbocycles. The topological polar surface area (TPSA) is 95.9 Å². The monoisotopic (exact) mass is 380 g/mol. The van der Waals surface area contributed by atoms with Crippen LogP contribution in [0.15, 0.2) is 17.1 Å². The highest BCUT2D eigenvalue weighted by atomic mass is 32.2. The molecular weight excluding hydrogens is 363 g/mol. The Labute approximate surface area is 142 Å². The predicted octanol–water partition coefficient (Wildman–Crippen LogP) is 1.66. The molecule has 2 unspecified atom stereocenters. The van der Waals surface area contributed by atoms with Crippen molar-refractivity contribution >= 4 is 21.9 Å². The Bertz CT molecular complexity index is 729. The van der Waals surface area contributed by atoms with E-state index in [2.05, 4.69) is 11.0 Å². The van der Waals surface area contributed by atoms with E-state index in [0.717, 1.165) is 12.5 Å². The molecule has 6 nitrogen and oxygen atoms in total. The van der Waals surface area contributed by atoms with Crippen molar-refractivity contribution in [2.24, 2.45) is 21.6 Å². The second kappa shape index (κ2) is 5.46. The molecule has 0 spiro atoms. The van der Waals surface area contributed by atoms with Crippen LogP contribution in [-0.4, -0.2) is 31.4 Å². The van der Waals surface area contributed by atoms with Gasteiger partial charge in [0.05, 0.1) is 0 Å². The average molecular weight is 380 g/mol. The highest BCUT2D eigenvalue weighted by Crippen LogP contribution is 2.63. The molecule has 0 amide bonds. The number of halogens is 3. The van der Waals surface area contributed by atoms with Crippen LogP contribution in [0.2, 0.25) is 0 Å². The third kappa shape index (κ3) is 3.04. The maximum absolute atomic E-state index is 12.5. The van der Waals surface area contributed by atoms with Gasteiger partial charge < -0.3 is 9.84 Å². The highest BCUT2D eigenvalue weighted by Gasteiger charge is 2.60. The van der Waals surface area contributed by atoms with Gasteiger partial charge >= 0.3 is 21.5 Å². The summed E-state index contributed by atoms with van der Waals surface area (Å²) in [6, 6.07) is 0. The van der Waals surface area contributed by atoms with Gasteiger partial charge in [-0.25, -0.2) is 4.79 Å². The van der Waals surface area contributed by atoms with Crippen molar-refractivity contribution < 1.29 is 36.2 Å². The largest absolute Gasteiger partial charge is 0.861 e. The summed E-state index contributed by atoms with van der Waals surface area (Å²) in [4.78, 5) is 11.6. The molecule has 0 N–H and O–H groups in total. The molecule has 0 aromatic heterocycles. The van der Waals surface area contributed by atoms with Gasteiger partial charge in [0.15, 0.2) is 0 Å². The van der Waals surface area contributed by atoms with Gasteiger partial charge in [-0.2, -0.15) is 26.0 Å². The first-order chi connectivity index (χ1) is 11.4. The molecule has 4 saturated carbocycles. The fraction of sp³-hybridized carbons (Fsp3) is 0.733. The molecular formula is C15H17F3NO5S-. The standard InChI is InChI=1S/C15H18F3NO5S/c1-2-11(20)24-14-6-9-3-10(7-14)5-13(4-9,8-14)12(21)19-25(22,23)15(16,17)18/h2,9-10H,1,3-8H2,(H,19,21)/p-1. The number of hydrogen-bond donors (Lipinski definition) is 0. The summed E-state index contributed by atoms with van der Waals surface area (Å²) in [5.74, 6) is -1.96. The fourth-order valence-corrected chi connectivity index (χ4v) is 5.58. The molecule has 0 saturated heterocycles. The first kappa shape index (κ1) is 18.2. The predicted molar refractivity (Wildman–Crippen MR) is 78.5 cm³/mol. The summed E-state index contributed by atoms with van der Waals surface area (Å²) >= 11 is 0. The van der Waals surface area contributed by atoms with Crippen molar-refractivity contribution in [1.29, 1.82) is 0 Å². The first-order valence-corrected chi connectivity index (χ1v) is 9.28. The van der Waals surface area contributed by atoms with Crippen LogP contribution in [0, 0.1) is 17.3 Å². The van der Waals surface area contributed by atoms with Gasteiger partial charge in [0.2, 0.25) is 0 Å². The third-order valence-corrected chi connectivity index (χ3v) is 6.43. The van der Waals surface area contributed by atoms with Crippen LogP contribution in [0.5, 0.6) is 0 Å². The third-order valence-electron chi connectivity index (χ3n) is 5.44. The average Bonchev–Trinajstić information content (AvgIpc) is 2.43. The Morgan fingerprint density at radius 2 is 1.80 bits per heavy atom. The smallest absolute Gasteiger partial charge is 0.518 e. The number of sulfonamides is 1. The number of alkyl halides is 3. The number of esters is 1. The lowest BCUT2D eigenvalue weighted by Gasteiger charge is -2.62. The summed E-state index contributed by atoms with van der Waals surface area (Å²) in [6.07, 6.45) is 3.36. The number of carbonyl (C=O) groups excluding carboxylic acids is 1. The zero-order chi connectivity index (χ0) is 18.7. The Morgan fingerprint density at radius 1 is 1.24 bits per heavy atom. The summed E-state index contributed by atoms with van der Waals surface area (Å²) in [5.41, 5.74) is -7.88. The number of hydrogen-bond acceptors (Lipinski definition) is 5. The van der Waals surface area contributed by atoms with Crippen molar-refractivity contribution in [3.05, 3.63) is 12.7 Å². The quantitative estimate of drug-likeness (QED) is 0.320. The Morgan fingerprint density at radius 3 is 2.28 bits per heavy atom. The minimum Gasteiger partial charge on any atom is -0.861 e. The van der Waals surface area contributed by atoms with Crippen molar-refractivity contribution in [3.8, 4) is 0 Å². The minimum atomic E-state index is -5.89. The van der Waals surface area contributed by atoms with Crippen LogP contribution in [0.25, 0.3) is 0 Å². The van der Waals surface area contributed by atoms with Crippen molar-refractivity contribution in [2.75, 3.05) is 0 Å². The molecule has 10 heteroatoms. The van der Waals surface area contributed by atoms with E-state index >= 15 is 0 Å². The summed E-state index contributed by atoms with van der Waals surface area (Å²) in [5, 5.41) is 12.5. The van der Waals surface area contributed by atoms with Crippen LogP contribution in [0.4, 0.5) is 13.2 Å². The molecule has 25 heavy (non-hydrogen) atoms. The van der Waals surface area contributed by atoms with Crippen molar-refractivity contribution in [2.45, 2.75) is 49.6 Å². The van der Waals surface area contributed by atoms with Crippen molar-refractivity contribution in [1.82, 2.24) is 0 Å². The van der Waals surface area contributed by atoms with E-state index in [1.54, 1.807) is 0 Å². The fourth-order valence-electron chi connectivity index (χ4n) is 5.06. The molecule has 0 aliphatic heterocycles. The number of carbonyl (C=O) groups is 1. The van der Waals surface area contributed by atoms with Crippen molar-refractivity contribution in [3.63, 3.8) is 0 Å². The summed E-state index contributed by atoms with van der Waals surface area (Å²) in [6.45, 7) is 3.32. The first-order valence-electron chi connectivity index (χ1n) is 7.84. The second-order valence-electron chi connectivity index (χ2n) is 7.37. The molecule has 0 radical (unpaired) electrons. The lowest BCUT2D eigenvalue weighted by atomic mass is 9.47. The zero-order valence-corrected chi connectivity index (χ0v) is 14.0. The summed E-state index contributed by atoms with van der Waals surface area (Å²) in [7, 11) is -5.89. The minimum absolute atomic E-state index is 0.00227. The molecule has 2 atom stereocenters. The van der Waals surface area contributed by atoms with E-state index in [-0.39, 0.29) is 31.1 Å². The molecule has 140 valence electrons. The zero-order valence-electron chi connectivity index (χ0n) is 13.2. The normalized spacial score (nSPS) is 37.8. The molecule has 0 heterocycles. The molecule has 4 fully saturated rings. The highest BCUT2D eigenvalue weighted by molar-refractivity contribution is 7.91. The van der Waals surface area contributed by atoms with E-state index in [0.29, 0.717) is 12.8 Å². The van der Waals surface area contributed by atoms with E-state index in [4.69, 9.17) is 4.74 Å². The van der Waals surface area contributed by atoms with Gasteiger partial charge in [-0.1, -0.05) is 6.58 Å². The maximum atomic E-state index is 12.5. The van der Waals surface area contributed by atoms with Gasteiger partial charge in [0.25, 0.3) is 0 Å². The molecule has 4 aliphatic rings. The lowest BCUT2D eigenvalue weighted by Crippen LogP contribution is -2.61. The van der Waals surface area contributed by atoms with E-state index in [1.165, 1.54) is 0 Å². The van der Waals surface area contributed by atoms with Gasteiger partial charge in [-0.3, -0.25) is 0 Å². The molecule has 0 aromatic rings. The van der Waals surface area contributed by atoms with E-state index in [1.807, 2.05) is 0 Å². The summed E-state index contributed by atoms with van der Waals surface area (Å²) < 4.78 is 68.1. The van der Waals surface area contributed by atoms with Gasteiger partial charge in [0.1, 0.15) is 5.60 Å². The van der Waals surface area contributed by atoms with Crippen LogP contribution >= 0.6 is 0 Å². The second-order valence-corrected chi connectivity index (χ2v) is 8.96. The van der Waals surface area contributed by atoms with Crippen LogP contribution < -0.4 is 5.11 Å². The molecule has 4 aliphatic carbocycles. The van der Waals surface area contributed by atoms with Crippen LogP contribution in [0.1, 0.15) is 38.5 Å². The van der Waals surface area contributed by atoms with Crippen LogP contribution in [0.3, 0.4) is 0 Å². The number of ether oxygens (including phenoxy) is 1. The number of rotatable bonds is 4. The van der Waals surface area contributed by atoms with Gasteiger partial charge in [0, 0.05) is 11.5 Å².